The maximum atomic E-state index is 12.6. The second-order valence-corrected chi connectivity index (χ2v) is 5.78. The minimum absolute atomic E-state index is 0.0393. The van der Waals surface area contributed by atoms with Crippen LogP contribution in [0.2, 0.25) is 0 Å². The molecule has 1 atom stereocenters. The molecule has 1 amide bonds. The van der Waals surface area contributed by atoms with Gasteiger partial charge in [-0.2, -0.15) is 0 Å². The van der Waals surface area contributed by atoms with Gasteiger partial charge in [0.15, 0.2) is 5.78 Å². The highest BCUT2D eigenvalue weighted by Gasteiger charge is 2.27. The molecule has 4 heteroatoms. The SMILES string of the molecule is CCCCCCOc1ccccc1C(=O)C1CCCC(=O)N1. The lowest BCUT2D eigenvalue weighted by molar-refractivity contribution is -0.122. The van der Waals surface area contributed by atoms with E-state index in [1.807, 2.05) is 18.2 Å². The molecule has 1 heterocycles. The number of piperidine rings is 1. The van der Waals surface area contributed by atoms with Gasteiger partial charge in [0.05, 0.1) is 18.2 Å². The van der Waals surface area contributed by atoms with Crippen LogP contribution in [0.5, 0.6) is 5.75 Å². The van der Waals surface area contributed by atoms with Crippen LogP contribution in [0.3, 0.4) is 0 Å². The van der Waals surface area contributed by atoms with Gasteiger partial charge in [0.2, 0.25) is 5.91 Å². The summed E-state index contributed by atoms with van der Waals surface area (Å²) in [6, 6.07) is 6.91. The molecular formula is C18H25NO3. The summed E-state index contributed by atoms with van der Waals surface area (Å²) in [6.07, 6.45) is 6.52. The quantitative estimate of drug-likeness (QED) is 0.591. The summed E-state index contributed by atoms with van der Waals surface area (Å²) in [5.41, 5.74) is 0.574. The fraction of sp³-hybridized carbons (Fsp3) is 0.556. The lowest BCUT2D eigenvalue weighted by Gasteiger charge is -2.23. The van der Waals surface area contributed by atoms with E-state index < -0.39 is 6.04 Å². The molecule has 0 aliphatic carbocycles. The van der Waals surface area contributed by atoms with E-state index in [0.29, 0.717) is 30.8 Å². The molecule has 22 heavy (non-hydrogen) atoms. The maximum Gasteiger partial charge on any atom is 0.220 e. The topological polar surface area (TPSA) is 55.4 Å². The Morgan fingerprint density at radius 3 is 2.86 bits per heavy atom. The second-order valence-electron chi connectivity index (χ2n) is 5.78. The first-order valence-electron chi connectivity index (χ1n) is 8.27. The first-order chi connectivity index (χ1) is 10.7. The number of unbranched alkanes of at least 4 members (excludes halogenated alkanes) is 3. The Labute approximate surface area is 132 Å². The van der Waals surface area contributed by atoms with E-state index in [1.54, 1.807) is 6.07 Å². The van der Waals surface area contributed by atoms with E-state index in [-0.39, 0.29) is 11.7 Å². The van der Waals surface area contributed by atoms with Crippen molar-refractivity contribution < 1.29 is 14.3 Å². The molecule has 0 aromatic heterocycles. The monoisotopic (exact) mass is 303 g/mol. The van der Waals surface area contributed by atoms with Gasteiger partial charge in [-0.3, -0.25) is 9.59 Å². The first-order valence-corrected chi connectivity index (χ1v) is 8.27. The van der Waals surface area contributed by atoms with Crippen molar-refractivity contribution >= 4 is 11.7 Å². The molecule has 0 radical (unpaired) electrons. The van der Waals surface area contributed by atoms with Crippen LogP contribution in [0.1, 0.15) is 62.2 Å². The molecule has 1 unspecified atom stereocenters. The number of para-hydroxylation sites is 1. The zero-order valence-electron chi connectivity index (χ0n) is 13.3. The Morgan fingerprint density at radius 2 is 2.09 bits per heavy atom. The van der Waals surface area contributed by atoms with Crippen LogP contribution < -0.4 is 10.1 Å². The highest BCUT2D eigenvalue weighted by atomic mass is 16.5. The Hall–Kier alpha value is -1.84. The number of hydrogen-bond acceptors (Lipinski definition) is 3. The van der Waals surface area contributed by atoms with E-state index in [0.717, 1.165) is 19.3 Å². The molecule has 1 saturated heterocycles. The number of Topliss-reactive ketones (excluding diaryl/α,β-unsaturated/α-hetero) is 1. The van der Waals surface area contributed by atoms with Crippen LogP contribution in [-0.4, -0.2) is 24.3 Å². The molecule has 120 valence electrons. The molecule has 1 fully saturated rings. The van der Waals surface area contributed by atoms with E-state index in [2.05, 4.69) is 12.2 Å². The third-order valence-corrected chi connectivity index (χ3v) is 3.96. The molecule has 1 N–H and O–H groups in total. The second kappa shape index (κ2) is 8.57. The van der Waals surface area contributed by atoms with Crippen LogP contribution >= 0.6 is 0 Å². The van der Waals surface area contributed by atoms with Crippen LogP contribution in [0, 0.1) is 0 Å². The van der Waals surface area contributed by atoms with Crippen molar-refractivity contribution in [2.75, 3.05) is 6.61 Å². The molecule has 0 saturated carbocycles. The summed E-state index contributed by atoms with van der Waals surface area (Å²) in [5.74, 6) is 0.545. The number of carbonyl (C=O) groups is 2. The summed E-state index contributed by atoms with van der Waals surface area (Å²) in [5, 5.41) is 2.78. The highest BCUT2D eigenvalue weighted by Crippen LogP contribution is 2.22. The van der Waals surface area contributed by atoms with E-state index in [9.17, 15) is 9.59 Å². The largest absolute Gasteiger partial charge is 0.493 e. The van der Waals surface area contributed by atoms with Gasteiger partial charge < -0.3 is 10.1 Å². The Bertz CT molecular complexity index is 513. The van der Waals surface area contributed by atoms with Gasteiger partial charge >= 0.3 is 0 Å². The number of hydrogen-bond donors (Lipinski definition) is 1. The van der Waals surface area contributed by atoms with Crippen LogP contribution in [-0.2, 0) is 4.79 Å². The molecule has 2 rings (SSSR count). The van der Waals surface area contributed by atoms with Crippen molar-refractivity contribution in [3.63, 3.8) is 0 Å². The summed E-state index contributed by atoms with van der Waals surface area (Å²) < 4.78 is 5.79. The fourth-order valence-electron chi connectivity index (χ4n) is 2.70. The highest BCUT2D eigenvalue weighted by molar-refractivity contribution is 6.04. The fourth-order valence-corrected chi connectivity index (χ4v) is 2.70. The van der Waals surface area contributed by atoms with Crippen molar-refractivity contribution in [3.05, 3.63) is 29.8 Å². The first kappa shape index (κ1) is 16.5. The Balaban J connectivity index is 1.97. The number of ketones is 1. The van der Waals surface area contributed by atoms with Crippen LogP contribution in [0.15, 0.2) is 24.3 Å². The van der Waals surface area contributed by atoms with Crippen LogP contribution in [0.25, 0.3) is 0 Å². The van der Waals surface area contributed by atoms with Crippen molar-refractivity contribution in [2.24, 2.45) is 0 Å². The lowest BCUT2D eigenvalue weighted by Crippen LogP contribution is -2.44. The molecule has 1 aromatic carbocycles. The Kier molecular flexibility index (Phi) is 6.44. The van der Waals surface area contributed by atoms with Gasteiger partial charge in [0.1, 0.15) is 5.75 Å². The number of ether oxygens (including phenoxy) is 1. The van der Waals surface area contributed by atoms with Crippen LogP contribution in [0.4, 0.5) is 0 Å². The van der Waals surface area contributed by atoms with Gasteiger partial charge in [-0.25, -0.2) is 0 Å². The van der Waals surface area contributed by atoms with Gasteiger partial charge in [0.25, 0.3) is 0 Å². The van der Waals surface area contributed by atoms with Crippen molar-refractivity contribution in [2.45, 2.75) is 57.9 Å². The summed E-state index contributed by atoms with van der Waals surface area (Å²) in [7, 11) is 0. The molecular weight excluding hydrogens is 278 g/mol. The maximum absolute atomic E-state index is 12.6. The lowest BCUT2D eigenvalue weighted by atomic mass is 9.95. The number of carbonyl (C=O) groups excluding carboxylic acids is 2. The summed E-state index contributed by atoms with van der Waals surface area (Å²) in [6.45, 7) is 2.80. The minimum Gasteiger partial charge on any atom is -0.493 e. The van der Waals surface area contributed by atoms with Gasteiger partial charge in [-0.15, -0.1) is 0 Å². The number of nitrogens with one attached hydrogen (secondary N) is 1. The Morgan fingerprint density at radius 1 is 1.27 bits per heavy atom. The predicted molar refractivity (Wildman–Crippen MR) is 86.2 cm³/mol. The average molecular weight is 303 g/mol. The molecule has 4 nitrogen and oxygen atoms in total. The zero-order chi connectivity index (χ0) is 15.8. The van der Waals surface area contributed by atoms with Gasteiger partial charge in [0, 0.05) is 6.42 Å². The third-order valence-electron chi connectivity index (χ3n) is 3.96. The standard InChI is InChI=1S/C18H25NO3/c1-2-3-4-7-13-22-16-11-6-5-9-14(16)18(21)15-10-8-12-17(20)19-15/h5-6,9,11,15H,2-4,7-8,10,12-13H2,1H3,(H,19,20). The molecule has 1 aromatic rings. The predicted octanol–water partition coefficient (Wildman–Crippen LogP) is 3.50. The number of amides is 1. The minimum atomic E-state index is -0.411. The average Bonchev–Trinajstić information content (AvgIpc) is 2.54. The molecule has 1 aliphatic rings. The van der Waals surface area contributed by atoms with Gasteiger partial charge in [-0.05, 0) is 31.4 Å². The van der Waals surface area contributed by atoms with Crippen molar-refractivity contribution in [1.82, 2.24) is 5.32 Å². The number of benzene rings is 1. The molecule has 1 aliphatic heterocycles. The van der Waals surface area contributed by atoms with E-state index in [4.69, 9.17) is 4.74 Å². The zero-order valence-corrected chi connectivity index (χ0v) is 13.3. The normalized spacial score (nSPS) is 17.9. The molecule has 0 spiro atoms. The summed E-state index contributed by atoms with van der Waals surface area (Å²) >= 11 is 0. The summed E-state index contributed by atoms with van der Waals surface area (Å²) in [4.78, 5) is 24.1. The van der Waals surface area contributed by atoms with E-state index in [1.165, 1.54) is 12.8 Å². The van der Waals surface area contributed by atoms with Crippen molar-refractivity contribution in [3.8, 4) is 5.75 Å². The third kappa shape index (κ3) is 4.58. The smallest absolute Gasteiger partial charge is 0.220 e. The number of rotatable bonds is 8. The van der Waals surface area contributed by atoms with Crippen molar-refractivity contribution in [1.29, 1.82) is 0 Å². The van der Waals surface area contributed by atoms with E-state index >= 15 is 0 Å². The van der Waals surface area contributed by atoms with Gasteiger partial charge in [-0.1, -0.05) is 38.3 Å². The molecule has 0 bridgehead atoms.